The average molecular weight is 332 g/mol. The molecule has 1 aromatic carbocycles. The molecule has 2 aromatic heterocycles. The molecule has 1 aliphatic carbocycles. The first-order valence-electron chi connectivity index (χ1n) is 7.50. The van der Waals surface area contributed by atoms with Crippen LogP contribution < -0.4 is 10.1 Å². The maximum absolute atomic E-state index is 13.0. The van der Waals surface area contributed by atoms with E-state index in [0.717, 1.165) is 11.1 Å². The molecule has 1 fully saturated rings. The molecule has 0 bridgehead atoms. The van der Waals surface area contributed by atoms with Gasteiger partial charge in [0.05, 0.1) is 23.7 Å². The summed E-state index contributed by atoms with van der Waals surface area (Å²) in [7, 11) is 0. The summed E-state index contributed by atoms with van der Waals surface area (Å²) in [5.41, 5.74) is 1.39. The Bertz CT molecular complexity index is 854. The monoisotopic (exact) mass is 332 g/mol. The summed E-state index contributed by atoms with van der Waals surface area (Å²) < 4.78 is 36.2. The lowest BCUT2D eigenvalue weighted by Crippen LogP contribution is -2.09. The molecule has 6 nitrogen and oxygen atoms in total. The highest BCUT2D eigenvalue weighted by molar-refractivity contribution is 5.89. The number of para-hydroxylation sites is 1. The standard InChI is InChI=1S/C16H14F2N4O2/c17-16(18)5-10(16)7-24-15-21-13-4-2-1-3-12(13)14(22-15)19-6-11-8-23-9-20-11/h1-4,8-10H,5-7H2,(H,19,21,22). The molecule has 1 aliphatic rings. The SMILES string of the molecule is FC1(F)CC1COc1nc(NCc2cocn2)c2ccccc2n1. The van der Waals surface area contributed by atoms with Gasteiger partial charge in [-0.15, -0.1) is 0 Å². The van der Waals surface area contributed by atoms with E-state index in [0.29, 0.717) is 17.9 Å². The third-order valence-electron chi connectivity index (χ3n) is 3.87. The third-order valence-corrected chi connectivity index (χ3v) is 3.87. The van der Waals surface area contributed by atoms with Crippen molar-refractivity contribution < 1.29 is 17.9 Å². The van der Waals surface area contributed by atoms with Gasteiger partial charge in [0, 0.05) is 11.8 Å². The van der Waals surface area contributed by atoms with Crippen molar-refractivity contribution in [1.29, 1.82) is 0 Å². The molecule has 2 heterocycles. The first-order valence-corrected chi connectivity index (χ1v) is 7.50. The average Bonchev–Trinajstić information content (AvgIpc) is 2.98. The first-order chi connectivity index (χ1) is 11.6. The van der Waals surface area contributed by atoms with Crippen LogP contribution in [0, 0.1) is 5.92 Å². The molecule has 0 spiro atoms. The maximum Gasteiger partial charge on any atom is 0.318 e. The molecule has 4 rings (SSSR count). The van der Waals surface area contributed by atoms with Gasteiger partial charge in [-0.1, -0.05) is 12.1 Å². The number of halogens is 2. The quantitative estimate of drug-likeness (QED) is 0.747. The number of aromatic nitrogens is 3. The molecule has 1 N–H and O–H groups in total. The molecule has 8 heteroatoms. The fourth-order valence-electron chi connectivity index (χ4n) is 2.38. The minimum absolute atomic E-state index is 0.0825. The molecular formula is C16H14F2N4O2. The number of hydrogen-bond acceptors (Lipinski definition) is 6. The Balaban J connectivity index is 1.56. The predicted molar refractivity (Wildman–Crippen MR) is 81.9 cm³/mol. The zero-order valence-electron chi connectivity index (χ0n) is 12.6. The van der Waals surface area contributed by atoms with Crippen LogP contribution in [0.15, 0.2) is 41.3 Å². The van der Waals surface area contributed by atoms with Crippen LogP contribution in [0.2, 0.25) is 0 Å². The van der Waals surface area contributed by atoms with Crippen molar-refractivity contribution in [3.05, 3.63) is 42.6 Å². The Hall–Kier alpha value is -2.77. The van der Waals surface area contributed by atoms with Gasteiger partial charge in [0.15, 0.2) is 6.39 Å². The number of oxazole rings is 1. The number of anilines is 1. The van der Waals surface area contributed by atoms with E-state index in [2.05, 4.69) is 20.3 Å². The Morgan fingerprint density at radius 1 is 1.29 bits per heavy atom. The van der Waals surface area contributed by atoms with Crippen molar-refractivity contribution >= 4 is 16.7 Å². The van der Waals surface area contributed by atoms with Gasteiger partial charge >= 0.3 is 6.01 Å². The van der Waals surface area contributed by atoms with E-state index in [1.807, 2.05) is 24.3 Å². The van der Waals surface area contributed by atoms with E-state index < -0.39 is 11.8 Å². The largest absolute Gasteiger partial charge is 0.463 e. The number of ether oxygens (including phenoxy) is 1. The highest BCUT2D eigenvalue weighted by Gasteiger charge is 2.57. The van der Waals surface area contributed by atoms with Crippen LogP contribution in [0.25, 0.3) is 10.9 Å². The number of alkyl halides is 2. The number of nitrogens with zero attached hydrogens (tertiary/aromatic N) is 3. The van der Waals surface area contributed by atoms with Gasteiger partial charge in [0.1, 0.15) is 18.7 Å². The second-order valence-electron chi connectivity index (χ2n) is 5.68. The predicted octanol–water partition coefficient (Wildman–Crippen LogP) is 3.26. The van der Waals surface area contributed by atoms with Gasteiger partial charge in [-0.2, -0.15) is 9.97 Å². The minimum Gasteiger partial charge on any atom is -0.463 e. The summed E-state index contributed by atoms with van der Waals surface area (Å²) in [6, 6.07) is 7.49. The fraction of sp³-hybridized carbons (Fsp3) is 0.312. The van der Waals surface area contributed by atoms with Crippen LogP contribution in [0.3, 0.4) is 0 Å². The molecule has 0 amide bonds. The molecule has 1 atom stereocenters. The molecule has 1 unspecified atom stereocenters. The summed E-state index contributed by atoms with van der Waals surface area (Å²) in [6.45, 7) is 0.325. The van der Waals surface area contributed by atoms with E-state index in [4.69, 9.17) is 9.15 Å². The Morgan fingerprint density at radius 2 is 2.12 bits per heavy atom. The van der Waals surface area contributed by atoms with Crippen LogP contribution in [0.1, 0.15) is 12.1 Å². The van der Waals surface area contributed by atoms with Gasteiger partial charge in [-0.3, -0.25) is 0 Å². The summed E-state index contributed by atoms with van der Waals surface area (Å²) in [5, 5.41) is 3.96. The van der Waals surface area contributed by atoms with Crippen LogP contribution >= 0.6 is 0 Å². The first kappa shape index (κ1) is 14.8. The second-order valence-corrected chi connectivity index (χ2v) is 5.68. The summed E-state index contributed by atoms with van der Waals surface area (Å²) in [6.07, 6.45) is 2.74. The molecule has 0 radical (unpaired) electrons. The Kier molecular flexibility index (Phi) is 3.51. The number of rotatable bonds is 6. The molecule has 124 valence electrons. The normalized spacial score (nSPS) is 18.5. The van der Waals surface area contributed by atoms with E-state index in [9.17, 15) is 8.78 Å². The van der Waals surface area contributed by atoms with Gasteiger partial charge < -0.3 is 14.5 Å². The van der Waals surface area contributed by atoms with Gasteiger partial charge in [0.2, 0.25) is 0 Å². The number of benzene rings is 1. The maximum atomic E-state index is 13.0. The van der Waals surface area contributed by atoms with E-state index in [1.54, 1.807) is 0 Å². The smallest absolute Gasteiger partial charge is 0.318 e. The van der Waals surface area contributed by atoms with E-state index >= 15 is 0 Å². The number of nitrogens with one attached hydrogen (secondary N) is 1. The lowest BCUT2D eigenvalue weighted by atomic mass is 10.2. The zero-order valence-corrected chi connectivity index (χ0v) is 12.6. The summed E-state index contributed by atoms with van der Waals surface area (Å²) in [5.74, 6) is -2.81. The minimum atomic E-state index is -2.62. The van der Waals surface area contributed by atoms with E-state index in [1.165, 1.54) is 12.7 Å². The van der Waals surface area contributed by atoms with Crippen molar-refractivity contribution in [2.24, 2.45) is 5.92 Å². The number of fused-ring (bicyclic) bond motifs is 1. The van der Waals surface area contributed by atoms with Crippen LogP contribution in [0.4, 0.5) is 14.6 Å². The van der Waals surface area contributed by atoms with E-state index in [-0.39, 0.29) is 19.0 Å². The Labute approximate surface area is 135 Å². The Morgan fingerprint density at radius 3 is 2.88 bits per heavy atom. The van der Waals surface area contributed by atoms with Crippen molar-refractivity contribution in [2.45, 2.75) is 18.9 Å². The summed E-state index contributed by atoms with van der Waals surface area (Å²) >= 11 is 0. The van der Waals surface area contributed by atoms with Crippen molar-refractivity contribution in [3.8, 4) is 6.01 Å². The lowest BCUT2D eigenvalue weighted by molar-refractivity contribution is 0.0843. The lowest BCUT2D eigenvalue weighted by Gasteiger charge is -2.10. The van der Waals surface area contributed by atoms with Gasteiger partial charge in [0.25, 0.3) is 5.92 Å². The van der Waals surface area contributed by atoms with Crippen molar-refractivity contribution in [1.82, 2.24) is 15.0 Å². The molecule has 24 heavy (non-hydrogen) atoms. The molecule has 1 saturated carbocycles. The molecule has 0 saturated heterocycles. The van der Waals surface area contributed by atoms with Crippen molar-refractivity contribution in [3.63, 3.8) is 0 Å². The topological polar surface area (TPSA) is 73.1 Å². The summed E-state index contributed by atoms with van der Waals surface area (Å²) in [4.78, 5) is 12.6. The molecule has 0 aliphatic heterocycles. The number of hydrogen-bond donors (Lipinski definition) is 1. The van der Waals surface area contributed by atoms with Crippen molar-refractivity contribution in [2.75, 3.05) is 11.9 Å². The highest BCUT2D eigenvalue weighted by Crippen LogP contribution is 2.48. The van der Waals surface area contributed by atoms with Crippen LogP contribution in [0.5, 0.6) is 6.01 Å². The second kappa shape index (κ2) is 5.70. The zero-order chi connectivity index (χ0) is 16.6. The van der Waals surface area contributed by atoms with Gasteiger partial charge in [-0.05, 0) is 12.1 Å². The fourth-order valence-corrected chi connectivity index (χ4v) is 2.38. The molecular weight excluding hydrogens is 318 g/mol. The third kappa shape index (κ3) is 2.99. The molecule has 3 aromatic rings. The van der Waals surface area contributed by atoms with Gasteiger partial charge in [-0.25, -0.2) is 13.8 Å². The highest BCUT2D eigenvalue weighted by atomic mass is 19.3. The van der Waals surface area contributed by atoms with Crippen LogP contribution in [-0.4, -0.2) is 27.5 Å². The van der Waals surface area contributed by atoms with Crippen LogP contribution in [-0.2, 0) is 6.54 Å².